The predicted octanol–water partition coefficient (Wildman–Crippen LogP) is 2.11. The van der Waals surface area contributed by atoms with E-state index in [1.54, 1.807) is 0 Å². The van der Waals surface area contributed by atoms with Gasteiger partial charge in [0.05, 0.1) is 4.47 Å². The second-order valence-electron chi connectivity index (χ2n) is 4.52. The van der Waals surface area contributed by atoms with Crippen molar-refractivity contribution in [2.24, 2.45) is 0 Å². The number of fused-ring (bicyclic) bond motifs is 1. The van der Waals surface area contributed by atoms with Crippen LogP contribution in [0.25, 0.3) is 10.9 Å². The monoisotopic (exact) mass is 338 g/mol. The average molecular weight is 339 g/mol. The Bertz CT molecular complexity index is 663. The van der Waals surface area contributed by atoms with Crippen molar-refractivity contribution in [3.63, 3.8) is 0 Å². The summed E-state index contributed by atoms with van der Waals surface area (Å²) in [6.45, 7) is 0.858. The smallest absolute Gasteiger partial charge is 0.320 e. The molecule has 3 rings (SSSR count). The van der Waals surface area contributed by atoms with Crippen LogP contribution in [-0.4, -0.2) is 28.6 Å². The Hall–Kier alpha value is -1.66. The van der Waals surface area contributed by atoms with E-state index in [1.165, 1.54) is 0 Å². The van der Waals surface area contributed by atoms with Gasteiger partial charge in [-0.1, -0.05) is 18.2 Å². The molecule has 106 valence electrons. The number of aliphatic carboxylic acids is 1. The molecule has 1 aromatic carbocycles. The minimum Gasteiger partial charge on any atom is -0.480 e. The summed E-state index contributed by atoms with van der Waals surface area (Å²) in [7, 11) is 0. The Morgan fingerprint density at radius 3 is 2.70 bits per heavy atom. The van der Waals surface area contributed by atoms with Crippen molar-refractivity contribution in [1.29, 1.82) is 0 Å². The summed E-state index contributed by atoms with van der Waals surface area (Å²) in [6, 6.07) is 9.21. The summed E-state index contributed by atoms with van der Waals surface area (Å²) < 4.78 is 0.571. The fourth-order valence-corrected chi connectivity index (χ4v) is 2.36. The first-order valence-electron chi connectivity index (χ1n) is 6.31. The van der Waals surface area contributed by atoms with Crippen LogP contribution in [0.3, 0.4) is 0 Å². The maximum Gasteiger partial charge on any atom is 0.320 e. The van der Waals surface area contributed by atoms with Gasteiger partial charge in [0, 0.05) is 5.52 Å². The van der Waals surface area contributed by atoms with Crippen LogP contribution < -0.4 is 10.9 Å². The van der Waals surface area contributed by atoms with Crippen LogP contribution in [0.5, 0.6) is 0 Å². The summed E-state index contributed by atoms with van der Waals surface area (Å²) >= 11 is 3.17. The Morgan fingerprint density at radius 1 is 1.35 bits per heavy atom. The highest BCUT2D eigenvalue weighted by Gasteiger charge is 2.20. The third-order valence-electron chi connectivity index (χ3n) is 3.07. The van der Waals surface area contributed by atoms with Gasteiger partial charge in [-0.3, -0.25) is 9.59 Å². The number of carboxylic acid groups (broad SMARTS) is 1. The molecule has 1 unspecified atom stereocenters. The Labute approximate surface area is 124 Å². The van der Waals surface area contributed by atoms with Crippen molar-refractivity contribution in [2.75, 3.05) is 6.54 Å². The zero-order valence-corrected chi connectivity index (χ0v) is 12.3. The van der Waals surface area contributed by atoms with Crippen molar-refractivity contribution >= 4 is 32.8 Å². The zero-order chi connectivity index (χ0) is 14.5. The normalized spacial score (nSPS) is 17.6. The lowest BCUT2D eigenvalue weighted by Crippen LogP contribution is -2.29. The number of benzene rings is 1. The molecule has 0 amide bonds. The van der Waals surface area contributed by atoms with Gasteiger partial charge in [-0.15, -0.1) is 0 Å². The molecule has 1 saturated heterocycles. The number of aromatic nitrogens is 1. The number of carbonyl (C=O) groups is 1. The van der Waals surface area contributed by atoms with Gasteiger partial charge < -0.3 is 15.4 Å². The standard InChI is InChI=1S/C9H6BrNO.C5H9NO2/c10-7-5-6-3-1-2-4-8(6)11-9(7)12;7-5(8)4-2-1-3-6-4/h1-5H,(H,11,12);4,6H,1-3H2,(H,7,8). The Balaban J connectivity index is 0.000000160. The van der Waals surface area contributed by atoms with E-state index in [4.69, 9.17) is 5.11 Å². The second-order valence-corrected chi connectivity index (χ2v) is 5.38. The lowest BCUT2D eigenvalue weighted by Gasteiger charge is -1.99. The number of carboxylic acids is 1. The van der Waals surface area contributed by atoms with Gasteiger partial charge in [0.1, 0.15) is 6.04 Å². The average Bonchev–Trinajstić information content (AvgIpc) is 2.95. The molecule has 0 bridgehead atoms. The number of hydrogen-bond donors (Lipinski definition) is 3. The quantitative estimate of drug-likeness (QED) is 0.743. The van der Waals surface area contributed by atoms with Gasteiger partial charge >= 0.3 is 5.97 Å². The topological polar surface area (TPSA) is 82.2 Å². The molecule has 0 radical (unpaired) electrons. The summed E-state index contributed by atoms with van der Waals surface area (Å²) in [6.07, 6.45) is 1.78. The van der Waals surface area contributed by atoms with Gasteiger partial charge in [0.25, 0.3) is 5.56 Å². The molecule has 3 N–H and O–H groups in total. The first-order valence-corrected chi connectivity index (χ1v) is 7.11. The highest BCUT2D eigenvalue weighted by Crippen LogP contribution is 2.12. The van der Waals surface area contributed by atoms with E-state index in [0.29, 0.717) is 4.47 Å². The van der Waals surface area contributed by atoms with Gasteiger partial charge in [0.15, 0.2) is 0 Å². The molecule has 1 atom stereocenters. The van der Waals surface area contributed by atoms with Crippen LogP contribution in [-0.2, 0) is 4.79 Å². The van der Waals surface area contributed by atoms with Crippen molar-refractivity contribution in [1.82, 2.24) is 10.3 Å². The Morgan fingerprint density at radius 2 is 2.10 bits per heavy atom. The van der Waals surface area contributed by atoms with E-state index in [0.717, 1.165) is 30.3 Å². The van der Waals surface area contributed by atoms with E-state index in [1.807, 2.05) is 30.3 Å². The number of hydrogen-bond acceptors (Lipinski definition) is 3. The summed E-state index contributed by atoms with van der Waals surface area (Å²) in [5.74, 6) is -0.720. The molecular weight excluding hydrogens is 324 g/mol. The number of pyridine rings is 1. The van der Waals surface area contributed by atoms with E-state index in [2.05, 4.69) is 26.2 Å². The lowest BCUT2D eigenvalue weighted by atomic mass is 10.2. The SMILES string of the molecule is O=C(O)C1CCCN1.O=c1[nH]c2ccccc2cc1Br. The summed E-state index contributed by atoms with van der Waals surface area (Å²) in [4.78, 5) is 24.0. The van der Waals surface area contributed by atoms with Crippen LogP contribution in [0.2, 0.25) is 0 Å². The molecule has 0 saturated carbocycles. The molecule has 2 aromatic rings. The summed E-state index contributed by atoms with van der Waals surface area (Å²) in [5.41, 5.74) is 0.777. The van der Waals surface area contributed by atoms with Crippen LogP contribution in [0.1, 0.15) is 12.8 Å². The van der Waals surface area contributed by atoms with Gasteiger partial charge in [0.2, 0.25) is 0 Å². The number of nitrogens with one attached hydrogen (secondary N) is 2. The number of rotatable bonds is 1. The highest BCUT2D eigenvalue weighted by molar-refractivity contribution is 9.10. The van der Waals surface area contributed by atoms with Crippen molar-refractivity contribution in [3.8, 4) is 0 Å². The van der Waals surface area contributed by atoms with E-state index >= 15 is 0 Å². The van der Waals surface area contributed by atoms with Gasteiger partial charge in [-0.25, -0.2) is 0 Å². The molecule has 1 aliphatic heterocycles. The second kappa shape index (κ2) is 6.67. The minimum absolute atomic E-state index is 0.0892. The third-order valence-corrected chi connectivity index (χ3v) is 3.66. The molecule has 5 nitrogen and oxygen atoms in total. The maximum atomic E-state index is 11.1. The molecule has 20 heavy (non-hydrogen) atoms. The molecule has 0 aliphatic carbocycles. The Kier molecular flexibility index (Phi) is 4.92. The van der Waals surface area contributed by atoms with Crippen LogP contribution >= 0.6 is 15.9 Å². The number of H-pyrrole nitrogens is 1. The molecule has 1 fully saturated rings. The van der Waals surface area contributed by atoms with Gasteiger partial charge in [-0.2, -0.15) is 0 Å². The highest BCUT2D eigenvalue weighted by atomic mass is 79.9. The van der Waals surface area contributed by atoms with E-state index in [-0.39, 0.29) is 11.6 Å². The molecule has 1 aliphatic rings. The van der Waals surface area contributed by atoms with Crippen LogP contribution in [0.15, 0.2) is 39.6 Å². The van der Waals surface area contributed by atoms with Crippen molar-refractivity contribution < 1.29 is 9.90 Å². The molecular formula is C14H15BrN2O3. The minimum atomic E-state index is -0.720. The molecule has 2 heterocycles. The van der Waals surface area contributed by atoms with E-state index in [9.17, 15) is 9.59 Å². The first-order chi connectivity index (χ1) is 9.58. The lowest BCUT2D eigenvalue weighted by molar-refractivity contribution is -0.139. The van der Waals surface area contributed by atoms with E-state index < -0.39 is 5.97 Å². The zero-order valence-electron chi connectivity index (χ0n) is 10.7. The maximum absolute atomic E-state index is 11.1. The number of halogens is 1. The first kappa shape index (κ1) is 14.7. The van der Waals surface area contributed by atoms with Crippen LogP contribution in [0, 0.1) is 0 Å². The number of aromatic amines is 1. The molecule has 1 aromatic heterocycles. The fourth-order valence-electron chi connectivity index (χ4n) is 2.02. The molecule has 0 spiro atoms. The predicted molar refractivity (Wildman–Crippen MR) is 80.9 cm³/mol. The largest absolute Gasteiger partial charge is 0.480 e. The third kappa shape index (κ3) is 3.68. The van der Waals surface area contributed by atoms with Crippen molar-refractivity contribution in [2.45, 2.75) is 18.9 Å². The number of para-hydroxylation sites is 1. The molecule has 6 heteroatoms. The van der Waals surface area contributed by atoms with Gasteiger partial charge in [-0.05, 0) is 52.8 Å². The fraction of sp³-hybridized carbons (Fsp3) is 0.286. The van der Waals surface area contributed by atoms with Crippen LogP contribution in [0.4, 0.5) is 0 Å². The van der Waals surface area contributed by atoms with Crippen molar-refractivity contribution in [3.05, 3.63) is 45.2 Å². The summed E-state index contributed by atoms with van der Waals surface area (Å²) in [5, 5.41) is 12.2.